The van der Waals surface area contributed by atoms with Crippen molar-refractivity contribution in [1.29, 1.82) is 0 Å². The third-order valence-corrected chi connectivity index (χ3v) is 7.43. The van der Waals surface area contributed by atoms with Gasteiger partial charge in [0.2, 0.25) is 5.91 Å². The normalized spacial score (nSPS) is 11.2. The number of fused-ring (bicyclic) bond motifs is 1. The van der Waals surface area contributed by atoms with Crippen LogP contribution >= 0.6 is 34.7 Å². The Morgan fingerprint density at radius 3 is 2.74 bits per heavy atom. The van der Waals surface area contributed by atoms with E-state index in [9.17, 15) is 4.79 Å². The maximum Gasteiger partial charge on any atom is 0.239 e. The minimum Gasteiger partial charge on any atom is -0.337 e. The number of halogens is 1. The smallest absolute Gasteiger partial charge is 0.239 e. The fraction of sp³-hybridized carbons (Fsp3) is 0.261. The molecule has 2 aromatic heterocycles. The quantitative estimate of drug-likeness (QED) is 0.297. The van der Waals surface area contributed by atoms with Crippen molar-refractivity contribution >= 4 is 56.0 Å². The second kappa shape index (κ2) is 9.85. The molecule has 2 heterocycles. The molecule has 4 aromatic rings. The van der Waals surface area contributed by atoms with E-state index in [1.54, 1.807) is 23.9 Å². The lowest BCUT2D eigenvalue weighted by molar-refractivity contribution is -0.116. The molecule has 0 radical (unpaired) electrons. The van der Waals surface area contributed by atoms with E-state index in [4.69, 9.17) is 16.6 Å². The monoisotopic (exact) mass is 470 g/mol. The van der Waals surface area contributed by atoms with Crippen LogP contribution in [0.3, 0.4) is 0 Å². The minimum absolute atomic E-state index is 0.0546. The Balaban J connectivity index is 1.53. The van der Waals surface area contributed by atoms with Crippen LogP contribution in [-0.2, 0) is 11.3 Å². The maximum absolute atomic E-state index is 13.2. The summed E-state index contributed by atoms with van der Waals surface area (Å²) in [4.78, 5) is 25.0. The van der Waals surface area contributed by atoms with Gasteiger partial charge in [0.05, 0.1) is 22.3 Å². The molecule has 0 bridgehead atoms. The zero-order valence-electron chi connectivity index (χ0n) is 17.4. The second-order valence-corrected chi connectivity index (χ2v) is 9.79. The van der Waals surface area contributed by atoms with Crippen molar-refractivity contribution in [2.75, 3.05) is 17.2 Å². The Bertz CT molecular complexity index is 1170. The van der Waals surface area contributed by atoms with Gasteiger partial charge in [-0.3, -0.25) is 9.69 Å². The highest BCUT2D eigenvalue weighted by molar-refractivity contribution is 8.00. The number of amides is 1. The van der Waals surface area contributed by atoms with E-state index in [2.05, 4.69) is 31.0 Å². The van der Waals surface area contributed by atoms with Gasteiger partial charge in [0.1, 0.15) is 0 Å². The molecule has 2 aromatic carbocycles. The average Bonchev–Trinajstić information content (AvgIpc) is 3.43. The molecule has 0 saturated carbocycles. The summed E-state index contributed by atoms with van der Waals surface area (Å²) in [5.41, 5.74) is 3.36. The zero-order chi connectivity index (χ0) is 21.8. The number of carbonyl (C=O) groups excluding carboxylic acids is 1. The van der Waals surface area contributed by atoms with Gasteiger partial charge in [0.15, 0.2) is 5.13 Å². The summed E-state index contributed by atoms with van der Waals surface area (Å²) >= 11 is 9.06. The first-order valence-corrected chi connectivity index (χ1v) is 12.2. The molecule has 8 heteroatoms. The third-order valence-electron chi connectivity index (χ3n) is 5.14. The van der Waals surface area contributed by atoms with E-state index in [0.29, 0.717) is 17.3 Å². The van der Waals surface area contributed by atoms with Crippen molar-refractivity contribution in [3.8, 4) is 0 Å². The number of aryl methyl sites for hydroxylation is 3. The molecule has 160 valence electrons. The number of aromatic nitrogens is 3. The zero-order valence-corrected chi connectivity index (χ0v) is 19.8. The van der Waals surface area contributed by atoms with Crippen LogP contribution in [0.15, 0.2) is 60.0 Å². The highest BCUT2D eigenvalue weighted by atomic mass is 35.5. The largest absolute Gasteiger partial charge is 0.337 e. The summed E-state index contributed by atoms with van der Waals surface area (Å²) in [5.74, 6) is 0.403. The Morgan fingerprint density at radius 1 is 1.19 bits per heavy atom. The SMILES string of the molecule is Cc1ccc2sc(N(CCCn3ccnc3)C(=O)CSc3ccc(Cl)cc3)nc2c1C. The number of carbonyl (C=O) groups is 1. The first kappa shape index (κ1) is 21.9. The van der Waals surface area contributed by atoms with Crippen molar-refractivity contribution in [2.45, 2.75) is 31.7 Å². The van der Waals surface area contributed by atoms with E-state index in [1.807, 2.05) is 39.9 Å². The van der Waals surface area contributed by atoms with Crippen LogP contribution in [0.5, 0.6) is 0 Å². The van der Waals surface area contributed by atoms with Gasteiger partial charge < -0.3 is 4.57 Å². The van der Waals surface area contributed by atoms with Crippen molar-refractivity contribution in [3.63, 3.8) is 0 Å². The fourth-order valence-corrected chi connectivity index (χ4v) is 5.21. The molecule has 0 aliphatic rings. The molecule has 4 rings (SSSR count). The molecule has 0 unspecified atom stereocenters. The van der Waals surface area contributed by atoms with Crippen molar-refractivity contribution in [1.82, 2.24) is 14.5 Å². The van der Waals surface area contributed by atoms with Crippen molar-refractivity contribution in [3.05, 3.63) is 71.3 Å². The number of thiazole rings is 1. The van der Waals surface area contributed by atoms with Crippen molar-refractivity contribution < 1.29 is 4.79 Å². The predicted molar refractivity (Wildman–Crippen MR) is 130 cm³/mol. The Kier molecular flexibility index (Phi) is 6.95. The van der Waals surface area contributed by atoms with E-state index in [-0.39, 0.29) is 5.91 Å². The fourth-order valence-electron chi connectivity index (χ4n) is 3.24. The van der Waals surface area contributed by atoms with Crippen LogP contribution in [0, 0.1) is 13.8 Å². The average molecular weight is 471 g/mol. The van der Waals surface area contributed by atoms with Gasteiger partial charge in [-0.1, -0.05) is 29.0 Å². The number of imidazole rings is 1. The summed E-state index contributed by atoms with van der Waals surface area (Å²) < 4.78 is 3.13. The van der Waals surface area contributed by atoms with Gasteiger partial charge in [-0.15, -0.1) is 11.8 Å². The van der Waals surface area contributed by atoms with Gasteiger partial charge in [-0.05, 0) is 61.7 Å². The summed E-state index contributed by atoms with van der Waals surface area (Å²) in [6, 6.07) is 11.8. The Hall–Kier alpha value is -2.35. The summed E-state index contributed by atoms with van der Waals surface area (Å²) in [7, 11) is 0. The first-order valence-electron chi connectivity index (χ1n) is 10.0. The molecular formula is C23H23ClN4OS2. The molecule has 0 spiro atoms. The molecule has 0 aliphatic carbocycles. The molecule has 0 atom stereocenters. The van der Waals surface area contributed by atoms with E-state index in [0.717, 1.165) is 33.2 Å². The Labute approximate surface area is 195 Å². The number of hydrogen-bond donors (Lipinski definition) is 0. The predicted octanol–water partition coefficient (Wildman–Crippen LogP) is 5.98. The number of anilines is 1. The molecule has 5 nitrogen and oxygen atoms in total. The van der Waals surface area contributed by atoms with Crippen LogP contribution in [0.4, 0.5) is 5.13 Å². The number of benzene rings is 2. The number of rotatable bonds is 8. The summed E-state index contributed by atoms with van der Waals surface area (Å²) in [6.45, 7) is 5.58. The van der Waals surface area contributed by atoms with Gasteiger partial charge in [0.25, 0.3) is 0 Å². The summed E-state index contributed by atoms with van der Waals surface area (Å²) in [5, 5.41) is 1.45. The van der Waals surface area contributed by atoms with Gasteiger partial charge >= 0.3 is 0 Å². The highest BCUT2D eigenvalue weighted by Gasteiger charge is 2.20. The molecule has 0 saturated heterocycles. The molecule has 0 N–H and O–H groups in total. The number of nitrogens with zero attached hydrogens (tertiary/aromatic N) is 4. The van der Waals surface area contributed by atoms with Crippen LogP contribution in [0.1, 0.15) is 17.5 Å². The lowest BCUT2D eigenvalue weighted by Crippen LogP contribution is -2.33. The van der Waals surface area contributed by atoms with Crippen LogP contribution < -0.4 is 4.90 Å². The standard InChI is InChI=1S/C23H23ClN4OS2/c1-16-4-9-20-22(17(16)2)26-23(31-20)28(12-3-11-27-13-10-25-15-27)21(29)14-30-19-7-5-18(24)6-8-19/h4-10,13,15H,3,11-12,14H2,1-2H3. The topological polar surface area (TPSA) is 51.0 Å². The van der Waals surface area contributed by atoms with Crippen molar-refractivity contribution in [2.24, 2.45) is 0 Å². The summed E-state index contributed by atoms with van der Waals surface area (Å²) in [6.07, 6.45) is 6.32. The molecule has 31 heavy (non-hydrogen) atoms. The maximum atomic E-state index is 13.2. The molecule has 0 aliphatic heterocycles. The lowest BCUT2D eigenvalue weighted by Gasteiger charge is -2.20. The van der Waals surface area contributed by atoms with Gasteiger partial charge in [-0.25, -0.2) is 9.97 Å². The lowest BCUT2D eigenvalue weighted by atomic mass is 10.1. The number of thioether (sulfide) groups is 1. The van der Waals surface area contributed by atoms with Crippen LogP contribution in [-0.4, -0.2) is 32.7 Å². The Morgan fingerprint density at radius 2 is 2.00 bits per heavy atom. The first-order chi connectivity index (χ1) is 15.0. The van der Waals surface area contributed by atoms with E-state index in [1.165, 1.54) is 22.9 Å². The minimum atomic E-state index is 0.0546. The third kappa shape index (κ3) is 5.29. The van der Waals surface area contributed by atoms with Crippen LogP contribution in [0.25, 0.3) is 10.2 Å². The highest BCUT2D eigenvalue weighted by Crippen LogP contribution is 2.32. The van der Waals surface area contributed by atoms with Gasteiger partial charge in [-0.2, -0.15) is 0 Å². The number of hydrogen-bond acceptors (Lipinski definition) is 5. The molecule has 1 amide bonds. The second-order valence-electron chi connectivity index (χ2n) is 7.29. The van der Waals surface area contributed by atoms with Gasteiger partial charge in [0, 0.05) is 35.4 Å². The van der Waals surface area contributed by atoms with E-state index < -0.39 is 0 Å². The van der Waals surface area contributed by atoms with Crippen LogP contribution in [0.2, 0.25) is 5.02 Å². The molecule has 0 fully saturated rings. The molecular weight excluding hydrogens is 448 g/mol. The van der Waals surface area contributed by atoms with E-state index >= 15 is 0 Å².